The third kappa shape index (κ3) is 3.33. The molecule has 0 bridgehead atoms. The third-order valence-electron chi connectivity index (χ3n) is 3.64. The number of rotatable bonds is 4. The highest BCUT2D eigenvalue weighted by atomic mass is 16.1. The molecule has 1 fully saturated rings. The molecule has 3 heteroatoms. The Hall–Kier alpha value is -1.35. The predicted molar refractivity (Wildman–Crippen MR) is 73.9 cm³/mol. The topological polar surface area (TPSA) is 46.3 Å². The van der Waals surface area contributed by atoms with Crippen LogP contribution < -0.4 is 5.73 Å². The summed E-state index contributed by atoms with van der Waals surface area (Å²) in [5.41, 5.74) is 9.33. The highest BCUT2D eigenvalue weighted by molar-refractivity contribution is 5.54. The Morgan fingerprint density at radius 3 is 2.56 bits per heavy atom. The molecular formula is C15H21N2O. The summed E-state index contributed by atoms with van der Waals surface area (Å²) in [5.74, 6) is 0.147. The van der Waals surface area contributed by atoms with Gasteiger partial charge in [-0.1, -0.05) is 13.0 Å². The molecule has 0 spiro atoms. The summed E-state index contributed by atoms with van der Waals surface area (Å²) in [6, 6.07) is 6.32. The molecule has 3 nitrogen and oxygen atoms in total. The van der Waals surface area contributed by atoms with Crippen molar-refractivity contribution >= 4 is 12.0 Å². The van der Waals surface area contributed by atoms with Gasteiger partial charge in [0.25, 0.3) is 0 Å². The van der Waals surface area contributed by atoms with Crippen molar-refractivity contribution in [1.29, 1.82) is 0 Å². The standard InChI is InChI=1S/C15H21N2O/c1-2-12-7-14(9-15(16)8-12)10-17-5-3-13(11-18)4-6-17/h7-9,13H,2-6,10,16H2,1H3. The fourth-order valence-electron chi connectivity index (χ4n) is 2.55. The molecule has 0 amide bonds. The molecule has 0 aliphatic carbocycles. The molecule has 1 saturated heterocycles. The summed E-state index contributed by atoms with van der Waals surface area (Å²) in [7, 11) is 0. The summed E-state index contributed by atoms with van der Waals surface area (Å²) in [5, 5.41) is 0. The van der Waals surface area contributed by atoms with E-state index in [0.29, 0.717) is 0 Å². The second kappa shape index (κ2) is 6.01. The van der Waals surface area contributed by atoms with Gasteiger partial charge in [0.05, 0.1) is 0 Å². The normalized spacial score (nSPS) is 17.8. The van der Waals surface area contributed by atoms with Crippen molar-refractivity contribution in [3.63, 3.8) is 0 Å². The van der Waals surface area contributed by atoms with Crippen molar-refractivity contribution in [1.82, 2.24) is 4.90 Å². The van der Waals surface area contributed by atoms with Gasteiger partial charge in [-0.15, -0.1) is 0 Å². The Bertz CT molecular complexity index is 409. The van der Waals surface area contributed by atoms with Gasteiger partial charge in [-0.25, -0.2) is 0 Å². The number of anilines is 1. The second-order valence-corrected chi connectivity index (χ2v) is 5.10. The summed E-state index contributed by atoms with van der Waals surface area (Å²) < 4.78 is 0. The van der Waals surface area contributed by atoms with E-state index < -0.39 is 0 Å². The van der Waals surface area contributed by atoms with Crippen LogP contribution in [0.4, 0.5) is 5.69 Å². The van der Waals surface area contributed by atoms with Crippen LogP contribution in [0.2, 0.25) is 0 Å². The molecule has 1 aliphatic rings. The van der Waals surface area contributed by atoms with Crippen LogP contribution in [0.15, 0.2) is 18.2 Å². The van der Waals surface area contributed by atoms with Crippen molar-refractivity contribution in [2.45, 2.75) is 32.7 Å². The molecule has 1 radical (unpaired) electrons. The van der Waals surface area contributed by atoms with Gasteiger partial charge in [0, 0.05) is 18.2 Å². The fourth-order valence-corrected chi connectivity index (χ4v) is 2.55. The van der Waals surface area contributed by atoms with E-state index in [9.17, 15) is 4.79 Å². The molecular weight excluding hydrogens is 224 g/mol. The lowest BCUT2D eigenvalue weighted by Gasteiger charge is -2.29. The average Bonchev–Trinajstić information content (AvgIpc) is 2.39. The molecule has 2 rings (SSSR count). The van der Waals surface area contributed by atoms with Crippen molar-refractivity contribution in [3.8, 4) is 0 Å². The quantitative estimate of drug-likeness (QED) is 0.827. The minimum Gasteiger partial charge on any atom is -0.399 e. The number of hydrogen-bond acceptors (Lipinski definition) is 3. The van der Waals surface area contributed by atoms with E-state index in [2.05, 4.69) is 30.2 Å². The van der Waals surface area contributed by atoms with E-state index in [1.807, 2.05) is 6.07 Å². The molecule has 0 aromatic heterocycles. The Kier molecular flexibility index (Phi) is 4.37. The van der Waals surface area contributed by atoms with E-state index in [4.69, 9.17) is 5.73 Å². The number of aryl methyl sites for hydroxylation is 1. The van der Waals surface area contributed by atoms with Gasteiger partial charge in [0.15, 0.2) is 0 Å². The van der Waals surface area contributed by atoms with Crippen molar-refractivity contribution in [2.75, 3.05) is 18.8 Å². The van der Waals surface area contributed by atoms with E-state index in [-0.39, 0.29) is 5.92 Å². The van der Waals surface area contributed by atoms with Crippen LogP contribution in [0.25, 0.3) is 0 Å². The number of likely N-dealkylation sites (tertiary alicyclic amines) is 1. The van der Waals surface area contributed by atoms with Crippen molar-refractivity contribution in [3.05, 3.63) is 29.3 Å². The monoisotopic (exact) mass is 245 g/mol. The highest BCUT2D eigenvalue weighted by Crippen LogP contribution is 2.19. The maximum atomic E-state index is 10.6. The first-order chi connectivity index (χ1) is 8.71. The Morgan fingerprint density at radius 2 is 1.94 bits per heavy atom. The van der Waals surface area contributed by atoms with Crippen LogP contribution >= 0.6 is 0 Å². The number of piperidine rings is 1. The molecule has 0 unspecified atom stereocenters. The van der Waals surface area contributed by atoms with Gasteiger partial charge in [0.2, 0.25) is 6.29 Å². The number of carbonyl (C=O) groups excluding carboxylic acids is 1. The van der Waals surface area contributed by atoms with Gasteiger partial charge in [-0.05, 0) is 55.6 Å². The smallest absolute Gasteiger partial charge is 0.201 e. The van der Waals surface area contributed by atoms with Crippen LogP contribution in [0.3, 0.4) is 0 Å². The van der Waals surface area contributed by atoms with Gasteiger partial charge in [0.1, 0.15) is 0 Å². The van der Waals surface area contributed by atoms with Gasteiger partial charge >= 0.3 is 0 Å². The zero-order chi connectivity index (χ0) is 13.0. The summed E-state index contributed by atoms with van der Waals surface area (Å²) in [6.07, 6.45) is 5.01. The van der Waals surface area contributed by atoms with E-state index in [1.165, 1.54) is 11.1 Å². The Morgan fingerprint density at radius 1 is 1.28 bits per heavy atom. The first kappa shape index (κ1) is 13.1. The highest BCUT2D eigenvalue weighted by Gasteiger charge is 2.19. The number of hydrogen-bond donors (Lipinski definition) is 1. The molecule has 1 aromatic rings. The molecule has 0 atom stereocenters. The minimum atomic E-state index is 0.147. The lowest BCUT2D eigenvalue weighted by Crippen LogP contribution is -2.33. The second-order valence-electron chi connectivity index (χ2n) is 5.10. The van der Waals surface area contributed by atoms with Crippen LogP contribution in [-0.2, 0) is 17.8 Å². The molecule has 1 heterocycles. The zero-order valence-electron chi connectivity index (χ0n) is 11.0. The third-order valence-corrected chi connectivity index (χ3v) is 3.64. The first-order valence-corrected chi connectivity index (χ1v) is 6.69. The molecule has 1 aliphatic heterocycles. The zero-order valence-corrected chi connectivity index (χ0v) is 11.0. The number of benzene rings is 1. The number of nitrogens with zero attached hydrogens (tertiary/aromatic N) is 1. The summed E-state index contributed by atoms with van der Waals surface area (Å²) in [6.45, 7) is 5.04. The Labute approximate surface area is 109 Å². The SMILES string of the molecule is CCc1cc(N)cc(CN2CCC([C]=O)CC2)c1. The first-order valence-electron chi connectivity index (χ1n) is 6.69. The van der Waals surface area contributed by atoms with Crippen molar-refractivity contribution < 1.29 is 4.79 Å². The molecule has 97 valence electrons. The van der Waals surface area contributed by atoms with Gasteiger partial charge in [-0.3, -0.25) is 9.69 Å². The maximum Gasteiger partial charge on any atom is 0.201 e. The lowest BCUT2D eigenvalue weighted by atomic mass is 9.98. The van der Waals surface area contributed by atoms with Gasteiger partial charge in [-0.2, -0.15) is 0 Å². The maximum absolute atomic E-state index is 10.6. The van der Waals surface area contributed by atoms with Crippen LogP contribution in [0.5, 0.6) is 0 Å². The van der Waals surface area contributed by atoms with Crippen LogP contribution in [-0.4, -0.2) is 24.3 Å². The number of nitrogen functional groups attached to an aromatic ring is 1. The molecule has 1 aromatic carbocycles. The van der Waals surface area contributed by atoms with Gasteiger partial charge < -0.3 is 5.73 Å². The van der Waals surface area contributed by atoms with Crippen molar-refractivity contribution in [2.24, 2.45) is 5.92 Å². The van der Waals surface area contributed by atoms with E-state index >= 15 is 0 Å². The van der Waals surface area contributed by atoms with Crippen LogP contribution in [0.1, 0.15) is 30.9 Å². The van der Waals surface area contributed by atoms with E-state index in [1.54, 1.807) is 0 Å². The predicted octanol–water partition coefficient (Wildman–Crippen LogP) is 2.15. The summed E-state index contributed by atoms with van der Waals surface area (Å²) >= 11 is 0. The lowest BCUT2D eigenvalue weighted by molar-refractivity contribution is 0.200. The largest absolute Gasteiger partial charge is 0.399 e. The Balaban J connectivity index is 1.97. The fraction of sp³-hybridized carbons (Fsp3) is 0.533. The average molecular weight is 245 g/mol. The van der Waals surface area contributed by atoms with Crippen LogP contribution in [0, 0.1) is 5.92 Å². The molecule has 0 saturated carbocycles. The van der Waals surface area contributed by atoms with E-state index in [0.717, 1.165) is 44.6 Å². The summed E-state index contributed by atoms with van der Waals surface area (Å²) in [4.78, 5) is 13.0. The molecule has 2 N–H and O–H groups in total. The minimum absolute atomic E-state index is 0.147. The number of nitrogens with two attached hydrogens (primary N) is 1. The molecule has 18 heavy (non-hydrogen) atoms.